The summed E-state index contributed by atoms with van der Waals surface area (Å²) in [4.78, 5) is 4.81. The van der Waals surface area contributed by atoms with E-state index in [0.717, 1.165) is 35.7 Å². The van der Waals surface area contributed by atoms with Gasteiger partial charge in [-0.15, -0.1) is 0 Å². The summed E-state index contributed by atoms with van der Waals surface area (Å²) in [5.41, 5.74) is 1.89. The number of aromatic nitrogens is 2. The third kappa shape index (κ3) is 2.03. The van der Waals surface area contributed by atoms with Crippen molar-refractivity contribution in [3.05, 3.63) is 29.8 Å². The highest BCUT2D eigenvalue weighted by Gasteiger charge is 2.32. The first-order valence-corrected chi connectivity index (χ1v) is 7.63. The van der Waals surface area contributed by atoms with Crippen molar-refractivity contribution in [3.63, 3.8) is 0 Å². The minimum absolute atomic E-state index is 0.171. The zero-order valence-electron chi connectivity index (χ0n) is 11.8. The van der Waals surface area contributed by atoms with Crippen LogP contribution in [0.25, 0.3) is 11.0 Å². The average molecular weight is 273 g/mol. The van der Waals surface area contributed by atoms with Gasteiger partial charge in [0.05, 0.1) is 17.1 Å². The van der Waals surface area contributed by atoms with E-state index in [-0.39, 0.29) is 5.82 Å². The van der Waals surface area contributed by atoms with Gasteiger partial charge in [0, 0.05) is 6.04 Å². The molecule has 20 heavy (non-hydrogen) atoms. The summed E-state index contributed by atoms with van der Waals surface area (Å²) in [6.45, 7) is 3.35. The Morgan fingerprint density at radius 2 is 2.15 bits per heavy atom. The fourth-order valence-corrected chi connectivity index (χ4v) is 3.35. The van der Waals surface area contributed by atoms with E-state index < -0.39 is 0 Å². The highest BCUT2D eigenvalue weighted by molar-refractivity contribution is 5.76. The maximum absolute atomic E-state index is 13.6. The highest BCUT2D eigenvalue weighted by atomic mass is 19.1. The van der Waals surface area contributed by atoms with Gasteiger partial charge >= 0.3 is 0 Å². The second-order valence-corrected chi connectivity index (χ2v) is 6.34. The predicted octanol–water partition coefficient (Wildman–Crippen LogP) is 3.57. The molecule has 1 aromatic heterocycles. The molecule has 0 amide bonds. The zero-order valence-corrected chi connectivity index (χ0v) is 11.8. The van der Waals surface area contributed by atoms with Gasteiger partial charge < -0.3 is 9.88 Å². The number of hydrogen-bond donors (Lipinski definition) is 1. The maximum atomic E-state index is 13.6. The van der Waals surface area contributed by atoms with Crippen LogP contribution in [-0.4, -0.2) is 16.1 Å². The lowest BCUT2D eigenvalue weighted by atomic mass is 9.94. The van der Waals surface area contributed by atoms with Gasteiger partial charge in [-0.2, -0.15) is 0 Å². The van der Waals surface area contributed by atoms with E-state index in [1.807, 2.05) is 0 Å². The Labute approximate surface area is 118 Å². The molecule has 0 spiro atoms. The molecule has 1 saturated carbocycles. The molecule has 1 aliphatic carbocycles. The molecule has 3 nitrogen and oxygen atoms in total. The first-order valence-electron chi connectivity index (χ1n) is 7.63. The molecule has 2 aromatic rings. The molecule has 2 unspecified atom stereocenters. The molecular formula is C16H20FN3. The van der Waals surface area contributed by atoms with Crippen LogP contribution in [0.4, 0.5) is 4.39 Å². The minimum Gasteiger partial charge on any atom is -0.323 e. The van der Waals surface area contributed by atoms with E-state index >= 15 is 0 Å². The topological polar surface area (TPSA) is 29.9 Å². The van der Waals surface area contributed by atoms with Gasteiger partial charge in [0.15, 0.2) is 0 Å². The third-order valence-electron chi connectivity index (χ3n) is 4.57. The molecule has 106 valence electrons. The Bertz CT molecular complexity index is 644. The molecule has 1 aromatic carbocycles. The Balaban J connectivity index is 1.83. The lowest BCUT2D eigenvalue weighted by molar-refractivity contribution is 0.310. The van der Waals surface area contributed by atoms with Crippen LogP contribution in [0.15, 0.2) is 18.2 Å². The summed E-state index contributed by atoms with van der Waals surface area (Å²) >= 11 is 0. The van der Waals surface area contributed by atoms with Gasteiger partial charge in [-0.05, 0) is 56.3 Å². The highest BCUT2D eigenvalue weighted by Crippen LogP contribution is 2.41. The number of imidazole rings is 1. The number of benzene rings is 1. The van der Waals surface area contributed by atoms with E-state index in [0.29, 0.717) is 12.1 Å². The summed E-state index contributed by atoms with van der Waals surface area (Å²) < 4.78 is 15.8. The fourth-order valence-electron chi connectivity index (χ4n) is 3.35. The molecule has 4 heteroatoms. The van der Waals surface area contributed by atoms with Crippen molar-refractivity contribution >= 4 is 11.0 Å². The number of nitrogens with one attached hydrogen (secondary N) is 1. The molecule has 2 aliphatic rings. The first kappa shape index (κ1) is 12.3. The smallest absolute Gasteiger partial charge is 0.127 e. The molecule has 1 N–H and O–H groups in total. The Kier molecular flexibility index (Phi) is 2.81. The Morgan fingerprint density at radius 3 is 2.90 bits per heavy atom. The van der Waals surface area contributed by atoms with Crippen LogP contribution in [-0.2, 0) is 0 Å². The largest absolute Gasteiger partial charge is 0.323 e. The van der Waals surface area contributed by atoms with Crippen molar-refractivity contribution in [2.45, 2.75) is 44.7 Å². The number of halogens is 1. The van der Waals surface area contributed by atoms with Crippen molar-refractivity contribution in [3.8, 4) is 0 Å². The van der Waals surface area contributed by atoms with E-state index in [1.54, 1.807) is 12.1 Å². The Morgan fingerprint density at radius 1 is 1.30 bits per heavy atom. The van der Waals surface area contributed by atoms with Crippen molar-refractivity contribution in [2.24, 2.45) is 5.92 Å². The van der Waals surface area contributed by atoms with Crippen LogP contribution in [0.3, 0.4) is 0 Å². The van der Waals surface area contributed by atoms with Gasteiger partial charge in [0.25, 0.3) is 0 Å². The van der Waals surface area contributed by atoms with Crippen molar-refractivity contribution in [2.75, 3.05) is 6.54 Å². The van der Waals surface area contributed by atoms with Crippen LogP contribution >= 0.6 is 0 Å². The van der Waals surface area contributed by atoms with Gasteiger partial charge in [-0.3, -0.25) is 0 Å². The second-order valence-electron chi connectivity index (χ2n) is 6.34. The maximum Gasteiger partial charge on any atom is 0.127 e. The fraction of sp³-hybridized carbons (Fsp3) is 0.562. The van der Waals surface area contributed by atoms with Gasteiger partial charge in [0.1, 0.15) is 11.6 Å². The second kappa shape index (κ2) is 4.55. The molecule has 1 saturated heterocycles. The van der Waals surface area contributed by atoms with E-state index in [4.69, 9.17) is 4.98 Å². The summed E-state index contributed by atoms with van der Waals surface area (Å²) in [6, 6.07) is 5.79. The summed E-state index contributed by atoms with van der Waals surface area (Å²) in [6.07, 6.45) is 4.74. The van der Waals surface area contributed by atoms with Crippen LogP contribution in [0.5, 0.6) is 0 Å². The number of fused-ring (bicyclic) bond motifs is 1. The van der Waals surface area contributed by atoms with Gasteiger partial charge in [-0.25, -0.2) is 9.37 Å². The standard InChI is InChI=1S/C16H20FN3/c1-10-6-7-18-14(8-10)16-19-13-5-2-11(17)9-15(13)20(16)12-3-4-12/h2,5,9-10,12,14,18H,3-4,6-8H2,1H3. The van der Waals surface area contributed by atoms with Gasteiger partial charge in [-0.1, -0.05) is 6.92 Å². The number of piperidine rings is 1. The number of hydrogen-bond acceptors (Lipinski definition) is 2. The van der Waals surface area contributed by atoms with Crippen molar-refractivity contribution in [1.82, 2.24) is 14.9 Å². The van der Waals surface area contributed by atoms with Crippen molar-refractivity contribution in [1.29, 1.82) is 0 Å². The minimum atomic E-state index is -0.171. The van der Waals surface area contributed by atoms with Crippen LogP contribution in [0, 0.1) is 11.7 Å². The third-order valence-corrected chi connectivity index (χ3v) is 4.57. The van der Waals surface area contributed by atoms with Gasteiger partial charge in [0.2, 0.25) is 0 Å². The number of rotatable bonds is 2. The SMILES string of the molecule is CC1CCNC(c2nc3ccc(F)cc3n2C2CC2)C1. The van der Waals surface area contributed by atoms with Crippen LogP contribution < -0.4 is 5.32 Å². The molecular weight excluding hydrogens is 253 g/mol. The molecule has 4 rings (SSSR count). The lowest BCUT2D eigenvalue weighted by Gasteiger charge is -2.28. The molecule has 2 heterocycles. The summed E-state index contributed by atoms with van der Waals surface area (Å²) in [5.74, 6) is 1.67. The van der Waals surface area contributed by atoms with Crippen LogP contribution in [0.2, 0.25) is 0 Å². The lowest BCUT2D eigenvalue weighted by Crippen LogP contribution is -2.32. The molecule has 2 atom stereocenters. The summed E-state index contributed by atoms with van der Waals surface area (Å²) in [5, 5.41) is 3.59. The Hall–Kier alpha value is -1.42. The van der Waals surface area contributed by atoms with E-state index in [2.05, 4.69) is 16.8 Å². The van der Waals surface area contributed by atoms with E-state index in [1.165, 1.54) is 25.3 Å². The molecule has 0 radical (unpaired) electrons. The van der Waals surface area contributed by atoms with Crippen molar-refractivity contribution < 1.29 is 4.39 Å². The average Bonchev–Trinajstić information content (AvgIpc) is 3.19. The predicted molar refractivity (Wildman–Crippen MR) is 77.1 cm³/mol. The summed E-state index contributed by atoms with van der Waals surface area (Å²) in [7, 11) is 0. The van der Waals surface area contributed by atoms with Crippen LogP contribution in [0.1, 0.15) is 50.5 Å². The quantitative estimate of drug-likeness (QED) is 0.906. The molecule has 0 bridgehead atoms. The number of nitrogens with zero attached hydrogens (tertiary/aromatic N) is 2. The molecule has 1 aliphatic heterocycles. The monoisotopic (exact) mass is 273 g/mol. The zero-order chi connectivity index (χ0) is 13.7. The molecule has 2 fully saturated rings. The first-order chi connectivity index (χ1) is 9.72. The normalized spacial score (nSPS) is 27.1. The van der Waals surface area contributed by atoms with E-state index in [9.17, 15) is 4.39 Å².